The molecule has 2 aromatic carbocycles. The van der Waals surface area contributed by atoms with Gasteiger partial charge in [-0.3, -0.25) is 9.59 Å². The lowest BCUT2D eigenvalue weighted by Crippen LogP contribution is -2.25. The van der Waals surface area contributed by atoms with E-state index in [1.165, 1.54) is 0 Å². The van der Waals surface area contributed by atoms with E-state index < -0.39 is 11.5 Å². The van der Waals surface area contributed by atoms with Gasteiger partial charge in [0.1, 0.15) is 10.8 Å². The molecule has 0 saturated heterocycles. The van der Waals surface area contributed by atoms with Crippen LogP contribution in [0.5, 0.6) is 5.75 Å². The molecule has 4 aromatic rings. The SMILES string of the molecule is CCOC(=O)c1nn(-c2ccc(OCC)cc2)c(=O)c2c(NC(=O)c3ccccc3I)scc12. The Balaban J connectivity index is 1.86. The number of carbonyl (C=O) groups is 2. The van der Waals surface area contributed by atoms with Crippen molar-refractivity contribution < 1.29 is 19.1 Å². The largest absolute Gasteiger partial charge is 0.494 e. The zero-order chi connectivity index (χ0) is 24.2. The number of hydrogen-bond acceptors (Lipinski definition) is 7. The highest BCUT2D eigenvalue weighted by Gasteiger charge is 2.23. The van der Waals surface area contributed by atoms with E-state index in [9.17, 15) is 14.4 Å². The fourth-order valence-electron chi connectivity index (χ4n) is 3.33. The van der Waals surface area contributed by atoms with E-state index >= 15 is 0 Å². The second-order valence-electron chi connectivity index (χ2n) is 7.00. The first-order valence-corrected chi connectivity index (χ1v) is 12.4. The molecule has 0 aliphatic heterocycles. The van der Waals surface area contributed by atoms with Gasteiger partial charge < -0.3 is 14.8 Å². The van der Waals surface area contributed by atoms with Gasteiger partial charge in [-0.05, 0) is 72.8 Å². The summed E-state index contributed by atoms with van der Waals surface area (Å²) in [4.78, 5) is 39.1. The third-order valence-corrected chi connectivity index (χ3v) is 6.70. The number of ether oxygens (including phenoxy) is 2. The van der Waals surface area contributed by atoms with Crippen molar-refractivity contribution in [3.63, 3.8) is 0 Å². The first-order chi connectivity index (χ1) is 16.4. The van der Waals surface area contributed by atoms with E-state index in [1.54, 1.807) is 48.7 Å². The van der Waals surface area contributed by atoms with Gasteiger partial charge in [-0.2, -0.15) is 9.78 Å². The monoisotopic (exact) mass is 589 g/mol. The lowest BCUT2D eigenvalue weighted by atomic mass is 10.2. The van der Waals surface area contributed by atoms with E-state index in [0.717, 1.165) is 19.6 Å². The number of thiophene rings is 1. The minimum absolute atomic E-state index is 0.00336. The predicted molar refractivity (Wildman–Crippen MR) is 139 cm³/mol. The summed E-state index contributed by atoms with van der Waals surface area (Å²) in [6.07, 6.45) is 0. The number of benzene rings is 2. The lowest BCUT2D eigenvalue weighted by molar-refractivity contribution is 0.0520. The molecule has 0 spiro atoms. The van der Waals surface area contributed by atoms with Crippen molar-refractivity contribution in [1.82, 2.24) is 9.78 Å². The van der Waals surface area contributed by atoms with Crippen molar-refractivity contribution >= 4 is 61.6 Å². The van der Waals surface area contributed by atoms with Crippen LogP contribution in [0.4, 0.5) is 5.00 Å². The van der Waals surface area contributed by atoms with Crippen molar-refractivity contribution in [1.29, 1.82) is 0 Å². The van der Waals surface area contributed by atoms with Crippen LogP contribution in [0.3, 0.4) is 0 Å². The van der Waals surface area contributed by atoms with Crippen LogP contribution in [-0.2, 0) is 4.74 Å². The van der Waals surface area contributed by atoms with Crippen molar-refractivity contribution in [2.24, 2.45) is 0 Å². The van der Waals surface area contributed by atoms with Gasteiger partial charge >= 0.3 is 5.97 Å². The van der Waals surface area contributed by atoms with Crippen molar-refractivity contribution in [3.05, 3.63) is 79.1 Å². The Morgan fingerprint density at radius 3 is 2.50 bits per heavy atom. The average molecular weight is 589 g/mol. The summed E-state index contributed by atoms with van der Waals surface area (Å²) >= 11 is 3.23. The maximum Gasteiger partial charge on any atom is 0.359 e. The minimum Gasteiger partial charge on any atom is -0.494 e. The van der Waals surface area contributed by atoms with Gasteiger partial charge in [0.05, 0.1) is 29.9 Å². The third-order valence-electron chi connectivity index (χ3n) is 4.86. The topological polar surface area (TPSA) is 99.5 Å². The summed E-state index contributed by atoms with van der Waals surface area (Å²) in [6, 6.07) is 13.9. The maximum atomic E-state index is 13.5. The predicted octanol–water partition coefficient (Wildman–Crippen LogP) is 4.88. The van der Waals surface area contributed by atoms with Crippen molar-refractivity contribution in [2.45, 2.75) is 13.8 Å². The van der Waals surface area contributed by atoms with Crippen molar-refractivity contribution in [3.8, 4) is 11.4 Å². The van der Waals surface area contributed by atoms with E-state index in [-0.39, 0.29) is 23.6 Å². The Bertz CT molecular complexity index is 1430. The zero-order valence-corrected chi connectivity index (χ0v) is 21.3. The third kappa shape index (κ3) is 4.68. The Morgan fingerprint density at radius 1 is 1.09 bits per heavy atom. The van der Waals surface area contributed by atoms with E-state index in [1.807, 2.05) is 19.1 Å². The Morgan fingerprint density at radius 2 is 1.82 bits per heavy atom. The number of esters is 1. The molecule has 8 nitrogen and oxygen atoms in total. The van der Waals surface area contributed by atoms with Gasteiger partial charge in [-0.1, -0.05) is 12.1 Å². The van der Waals surface area contributed by atoms with Gasteiger partial charge in [-0.25, -0.2) is 4.79 Å². The molecule has 0 bridgehead atoms. The molecule has 174 valence electrons. The Kier molecular flexibility index (Phi) is 7.27. The highest BCUT2D eigenvalue weighted by Crippen LogP contribution is 2.31. The summed E-state index contributed by atoms with van der Waals surface area (Å²) in [5, 5.41) is 9.62. The molecule has 2 aromatic heterocycles. The standard InChI is InChI=1S/C24H20IN3O5S/c1-3-32-15-11-9-14(10-12-15)28-23(30)19-17(20(27-28)24(31)33-4-2)13-34-22(19)26-21(29)16-7-5-6-8-18(16)25/h5-13H,3-4H2,1-2H3,(H,26,29). The molecular formula is C24H20IN3O5S. The molecular weight excluding hydrogens is 569 g/mol. The molecule has 0 atom stereocenters. The Labute approximate surface area is 212 Å². The second kappa shape index (κ2) is 10.3. The van der Waals surface area contributed by atoms with Crippen LogP contribution >= 0.6 is 33.9 Å². The molecule has 10 heteroatoms. The Hall–Kier alpha value is -3.25. The first-order valence-electron chi connectivity index (χ1n) is 10.4. The zero-order valence-electron chi connectivity index (χ0n) is 18.3. The van der Waals surface area contributed by atoms with Gasteiger partial charge in [0.25, 0.3) is 11.5 Å². The summed E-state index contributed by atoms with van der Waals surface area (Å²) < 4.78 is 12.6. The number of halogens is 1. The highest BCUT2D eigenvalue weighted by atomic mass is 127. The lowest BCUT2D eigenvalue weighted by Gasteiger charge is -2.11. The molecule has 2 heterocycles. The fraction of sp³-hybridized carbons (Fsp3) is 0.167. The quantitative estimate of drug-likeness (QED) is 0.244. The van der Waals surface area contributed by atoms with E-state index in [0.29, 0.717) is 34.0 Å². The number of anilines is 1. The number of fused-ring (bicyclic) bond motifs is 1. The van der Waals surface area contributed by atoms with Gasteiger partial charge in [-0.15, -0.1) is 11.3 Å². The molecule has 0 aliphatic carbocycles. The summed E-state index contributed by atoms with van der Waals surface area (Å²) in [7, 11) is 0. The first kappa shape index (κ1) is 23.9. The van der Waals surface area contributed by atoms with E-state index in [2.05, 4.69) is 33.0 Å². The van der Waals surface area contributed by atoms with Crippen LogP contribution in [-0.4, -0.2) is 34.9 Å². The number of nitrogens with one attached hydrogen (secondary N) is 1. The molecule has 0 radical (unpaired) electrons. The minimum atomic E-state index is -0.652. The molecule has 1 amide bonds. The number of nitrogens with zero attached hydrogens (tertiary/aromatic N) is 2. The molecule has 0 saturated carbocycles. The maximum absolute atomic E-state index is 13.5. The van der Waals surface area contributed by atoms with E-state index in [4.69, 9.17) is 9.47 Å². The van der Waals surface area contributed by atoms with Crippen LogP contribution in [0.15, 0.2) is 58.7 Å². The average Bonchev–Trinajstić information content (AvgIpc) is 3.24. The highest BCUT2D eigenvalue weighted by molar-refractivity contribution is 14.1. The summed E-state index contributed by atoms with van der Waals surface area (Å²) in [5.41, 5.74) is 0.459. The smallest absolute Gasteiger partial charge is 0.359 e. The number of amides is 1. The molecule has 34 heavy (non-hydrogen) atoms. The van der Waals surface area contributed by atoms with Gasteiger partial charge in [0.15, 0.2) is 5.69 Å². The molecule has 4 rings (SSSR count). The number of hydrogen-bond donors (Lipinski definition) is 1. The fourth-order valence-corrected chi connectivity index (χ4v) is 4.90. The normalized spacial score (nSPS) is 10.8. The molecule has 0 unspecified atom stereocenters. The summed E-state index contributed by atoms with van der Waals surface area (Å²) in [5.74, 6) is -0.359. The van der Waals surface area contributed by atoms with Crippen LogP contribution in [0, 0.1) is 3.57 Å². The second-order valence-corrected chi connectivity index (χ2v) is 9.04. The number of rotatable bonds is 7. The molecule has 1 N–H and O–H groups in total. The van der Waals surface area contributed by atoms with Crippen LogP contribution in [0.2, 0.25) is 0 Å². The van der Waals surface area contributed by atoms with Gasteiger partial charge in [0.2, 0.25) is 0 Å². The number of aromatic nitrogens is 2. The number of carbonyl (C=O) groups excluding carboxylic acids is 2. The van der Waals surface area contributed by atoms with Crippen LogP contribution in [0.1, 0.15) is 34.7 Å². The molecule has 0 aliphatic rings. The summed E-state index contributed by atoms with van der Waals surface area (Å²) in [6.45, 7) is 4.24. The van der Waals surface area contributed by atoms with Crippen LogP contribution < -0.4 is 15.6 Å². The van der Waals surface area contributed by atoms with Crippen LogP contribution in [0.25, 0.3) is 16.5 Å². The molecule has 0 fully saturated rings. The van der Waals surface area contributed by atoms with Gasteiger partial charge in [0, 0.05) is 14.3 Å². The van der Waals surface area contributed by atoms with Crippen molar-refractivity contribution in [2.75, 3.05) is 18.5 Å².